The Hall–Kier alpha value is -2.46. The summed E-state index contributed by atoms with van der Waals surface area (Å²) in [5.74, 6) is -3.72. The van der Waals surface area contributed by atoms with Crippen LogP contribution in [0.4, 0.5) is 13.2 Å². The molecule has 43 heavy (non-hydrogen) atoms. The van der Waals surface area contributed by atoms with Crippen LogP contribution in [-0.2, 0) is 57.2 Å². The molecule has 5 unspecified atom stereocenters. The lowest BCUT2D eigenvalue weighted by molar-refractivity contribution is -0.210. The van der Waals surface area contributed by atoms with Crippen molar-refractivity contribution >= 4 is 34.0 Å². The van der Waals surface area contributed by atoms with Crippen molar-refractivity contribution in [1.82, 2.24) is 0 Å². The Labute approximate surface area is 250 Å². The zero-order chi connectivity index (χ0) is 34.1. The third kappa shape index (κ3) is 10.6. The Balaban J connectivity index is 3.82. The van der Waals surface area contributed by atoms with Crippen LogP contribution in [-0.4, -0.2) is 75.1 Å². The molecule has 1 heterocycles. The van der Waals surface area contributed by atoms with Gasteiger partial charge in [-0.25, -0.2) is 0 Å². The normalized spacial score (nSPS) is 22.9. The van der Waals surface area contributed by atoms with Gasteiger partial charge in [0.25, 0.3) is 0 Å². The second-order valence-electron chi connectivity index (χ2n) is 14.2. The summed E-state index contributed by atoms with van der Waals surface area (Å²) in [5, 5.41) is 0. The lowest BCUT2D eigenvalue weighted by atomic mass is 9.95. The van der Waals surface area contributed by atoms with Gasteiger partial charge in [-0.3, -0.25) is 23.4 Å². The van der Waals surface area contributed by atoms with Gasteiger partial charge in [-0.15, -0.1) is 0 Å². The summed E-state index contributed by atoms with van der Waals surface area (Å²) in [7, 11) is -6.35. The fourth-order valence-electron chi connectivity index (χ4n) is 2.95. The molecule has 1 aliphatic heterocycles. The lowest BCUT2D eigenvalue weighted by Crippen LogP contribution is -2.50. The zero-order valence-electron chi connectivity index (χ0n) is 26.5. The molecule has 0 saturated carbocycles. The lowest BCUT2D eigenvalue weighted by Gasteiger charge is -2.31. The average Bonchev–Trinajstić information content (AvgIpc) is 3.09. The van der Waals surface area contributed by atoms with Crippen LogP contribution in [0.5, 0.6) is 0 Å². The number of alkyl halides is 3. The predicted octanol–water partition coefficient (Wildman–Crippen LogP) is 4.04. The van der Waals surface area contributed by atoms with Crippen LogP contribution < -0.4 is 0 Å². The van der Waals surface area contributed by atoms with Gasteiger partial charge in [-0.2, -0.15) is 21.6 Å². The standard InChI is InChI=1S/C27H43F3O12S/c1-23(2,3)19(31)37-13-14(42-43(35,36)27(28,29)30)15-16(39-20(32)24(4,5)6)17(40-21(33)25(7,8)9)18(38-15)41-22(34)26(10,11)12/h14-18H,13H2,1-12H3. The Morgan fingerprint density at radius 2 is 1.02 bits per heavy atom. The molecule has 250 valence electrons. The minimum absolute atomic E-state index is 0.907. The summed E-state index contributed by atoms with van der Waals surface area (Å²) in [6, 6.07) is 0. The van der Waals surface area contributed by atoms with Gasteiger partial charge in [0.2, 0.25) is 12.4 Å². The first-order chi connectivity index (χ1) is 18.9. The van der Waals surface area contributed by atoms with E-state index in [0.717, 1.165) is 0 Å². The van der Waals surface area contributed by atoms with Crippen molar-refractivity contribution in [3.05, 3.63) is 0 Å². The number of rotatable bonds is 8. The van der Waals surface area contributed by atoms with Crippen molar-refractivity contribution < 1.29 is 68.6 Å². The minimum Gasteiger partial charge on any atom is -0.462 e. The van der Waals surface area contributed by atoms with Crippen LogP contribution in [0, 0.1) is 21.7 Å². The maximum Gasteiger partial charge on any atom is 0.523 e. The van der Waals surface area contributed by atoms with Crippen LogP contribution in [0.3, 0.4) is 0 Å². The van der Waals surface area contributed by atoms with Gasteiger partial charge in [0.15, 0.2) is 6.10 Å². The number of hydrogen-bond donors (Lipinski definition) is 0. The van der Waals surface area contributed by atoms with E-state index in [-0.39, 0.29) is 0 Å². The van der Waals surface area contributed by atoms with Crippen LogP contribution in [0.25, 0.3) is 0 Å². The van der Waals surface area contributed by atoms with E-state index in [1.54, 1.807) is 0 Å². The molecular weight excluding hydrogens is 605 g/mol. The highest BCUT2D eigenvalue weighted by atomic mass is 32.2. The van der Waals surface area contributed by atoms with E-state index in [1.165, 1.54) is 83.1 Å². The molecule has 0 aromatic carbocycles. The number of hydrogen-bond acceptors (Lipinski definition) is 12. The smallest absolute Gasteiger partial charge is 0.462 e. The molecule has 0 spiro atoms. The van der Waals surface area contributed by atoms with Crippen molar-refractivity contribution in [3.8, 4) is 0 Å². The molecule has 16 heteroatoms. The second kappa shape index (κ2) is 12.9. The van der Waals surface area contributed by atoms with Crippen LogP contribution in [0.1, 0.15) is 83.1 Å². The van der Waals surface area contributed by atoms with Crippen molar-refractivity contribution in [1.29, 1.82) is 0 Å². The molecule has 5 atom stereocenters. The van der Waals surface area contributed by atoms with Gasteiger partial charge in [0.1, 0.15) is 18.8 Å². The SMILES string of the molecule is CC(C)(C)C(=O)OCC(OS(=O)(=O)C(F)(F)F)C1OC(OC(=O)C(C)(C)C)C(OC(=O)C(C)(C)C)C1OC(=O)C(C)(C)C. The van der Waals surface area contributed by atoms with Gasteiger partial charge in [0.05, 0.1) is 21.7 Å². The van der Waals surface area contributed by atoms with E-state index < -0.39 is 98.5 Å². The van der Waals surface area contributed by atoms with Gasteiger partial charge in [-0.05, 0) is 83.1 Å². The summed E-state index contributed by atoms with van der Waals surface area (Å²) in [6.45, 7) is 16.3. The summed E-state index contributed by atoms with van der Waals surface area (Å²) in [4.78, 5) is 51.2. The number of carbonyl (C=O) groups is 4. The molecule has 12 nitrogen and oxygen atoms in total. The second-order valence-corrected chi connectivity index (χ2v) is 15.8. The van der Waals surface area contributed by atoms with Crippen molar-refractivity contribution in [2.45, 2.75) is 119 Å². The molecule has 0 aliphatic carbocycles. The van der Waals surface area contributed by atoms with E-state index in [0.29, 0.717) is 0 Å². The van der Waals surface area contributed by atoms with Gasteiger partial charge >= 0.3 is 39.5 Å². The quantitative estimate of drug-likeness (QED) is 0.161. The van der Waals surface area contributed by atoms with E-state index in [4.69, 9.17) is 23.7 Å². The number of carbonyl (C=O) groups excluding carboxylic acids is 4. The van der Waals surface area contributed by atoms with E-state index >= 15 is 0 Å². The molecule has 0 aromatic rings. The first kappa shape index (κ1) is 38.6. The number of halogens is 3. The molecule has 0 N–H and O–H groups in total. The molecule has 1 fully saturated rings. The van der Waals surface area contributed by atoms with Crippen LogP contribution >= 0.6 is 0 Å². The summed E-state index contributed by atoms with van der Waals surface area (Å²) in [6.07, 6.45) is -9.93. The first-order valence-electron chi connectivity index (χ1n) is 13.3. The third-order valence-electron chi connectivity index (χ3n) is 5.64. The summed E-state index contributed by atoms with van der Waals surface area (Å²) < 4.78 is 96.1. The van der Waals surface area contributed by atoms with Crippen LogP contribution in [0.15, 0.2) is 0 Å². The third-order valence-corrected chi connectivity index (χ3v) is 6.71. The maximum atomic E-state index is 13.4. The molecule has 1 aliphatic rings. The largest absolute Gasteiger partial charge is 0.523 e. The Morgan fingerprint density at radius 1 is 0.651 bits per heavy atom. The van der Waals surface area contributed by atoms with Gasteiger partial charge in [0, 0.05) is 0 Å². The fourth-order valence-corrected chi connectivity index (χ4v) is 3.55. The number of esters is 4. The van der Waals surface area contributed by atoms with Crippen molar-refractivity contribution in [2.75, 3.05) is 6.61 Å². The molecule has 1 saturated heterocycles. The van der Waals surface area contributed by atoms with Crippen molar-refractivity contribution in [3.63, 3.8) is 0 Å². The maximum absolute atomic E-state index is 13.4. The molecular formula is C27H43F3O12S. The Morgan fingerprint density at radius 3 is 1.40 bits per heavy atom. The zero-order valence-corrected chi connectivity index (χ0v) is 27.4. The highest BCUT2D eigenvalue weighted by Gasteiger charge is 2.59. The minimum atomic E-state index is -6.35. The van der Waals surface area contributed by atoms with E-state index in [1.807, 2.05) is 0 Å². The molecule has 0 bridgehead atoms. The monoisotopic (exact) mass is 648 g/mol. The Bertz CT molecular complexity index is 1150. The van der Waals surface area contributed by atoms with Crippen LogP contribution in [0.2, 0.25) is 0 Å². The topological polar surface area (TPSA) is 158 Å². The van der Waals surface area contributed by atoms with E-state index in [2.05, 4.69) is 4.18 Å². The summed E-state index contributed by atoms with van der Waals surface area (Å²) >= 11 is 0. The van der Waals surface area contributed by atoms with Gasteiger partial charge in [-0.1, -0.05) is 0 Å². The molecule has 1 rings (SSSR count). The highest BCUT2D eigenvalue weighted by molar-refractivity contribution is 7.87. The Kier molecular flexibility index (Phi) is 11.5. The van der Waals surface area contributed by atoms with Gasteiger partial charge < -0.3 is 23.7 Å². The predicted molar refractivity (Wildman–Crippen MR) is 143 cm³/mol. The molecule has 0 radical (unpaired) electrons. The number of ether oxygens (including phenoxy) is 5. The van der Waals surface area contributed by atoms with Crippen molar-refractivity contribution in [2.24, 2.45) is 21.7 Å². The molecule has 0 aromatic heterocycles. The fraction of sp³-hybridized carbons (Fsp3) is 0.852. The highest BCUT2D eigenvalue weighted by Crippen LogP contribution is 2.37. The first-order valence-corrected chi connectivity index (χ1v) is 14.8. The molecule has 0 amide bonds. The average molecular weight is 649 g/mol. The van der Waals surface area contributed by atoms with E-state index in [9.17, 15) is 40.8 Å². The summed E-state index contributed by atoms with van der Waals surface area (Å²) in [5.41, 5.74) is -10.6.